The van der Waals surface area contributed by atoms with Gasteiger partial charge in [-0.2, -0.15) is 0 Å². The number of aromatic nitrogens is 1. The van der Waals surface area contributed by atoms with Crippen molar-refractivity contribution in [3.8, 4) is 0 Å². The van der Waals surface area contributed by atoms with E-state index in [4.69, 9.17) is 17.3 Å². The molecule has 0 saturated carbocycles. The van der Waals surface area contributed by atoms with E-state index in [1.807, 2.05) is 23.6 Å². The average molecular weight is 318 g/mol. The van der Waals surface area contributed by atoms with Crippen LogP contribution in [0, 0.1) is 0 Å². The van der Waals surface area contributed by atoms with Crippen molar-refractivity contribution in [3.63, 3.8) is 0 Å². The summed E-state index contributed by atoms with van der Waals surface area (Å²) < 4.78 is 0.987. The second-order valence-electron chi connectivity index (χ2n) is 3.40. The molecule has 0 spiro atoms. The minimum atomic E-state index is -0.0841. The Bertz CT molecular complexity index is 473. The van der Waals surface area contributed by atoms with Crippen LogP contribution < -0.4 is 5.73 Å². The van der Waals surface area contributed by atoms with Crippen LogP contribution >= 0.6 is 38.9 Å². The lowest BCUT2D eigenvalue weighted by Crippen LogP contribution is -2.13. The largest absolute Gasteiger partial charge is 0.324 e. The summed E-state index contributed by atoms with van der Waals surface area (Å²) in [6.07, 6.45) is 2.52. The van der Waals surface area contributed by atoms with Gasteiger partial charge in [0.25, 0.3) is 0 Å². The summed E-state index contributed by atoms with van der Waals surface area (Å²) in [5.41, 5.74) is 7.15. The normalized spacial score (nSPS) is 12.7. The van der Waals surface area contributed by atoms with Gasteiger partial charge < -0.3 is 5.73 Å². The van der Waals surface area contributed by atoms with Gasteiger partial charge in [0.2, 0.25) is 0 Å². The smallest absolute Gasteiger partial charge is 0.0943 e. The van der Waals surface area contributed by atoms with Crippen LogP contribution in [0.2, 0.25) is 5.02 Å². The number of rotatable bonds is 3. The highest BCUT2D eigenvalue weighted by Crippen LogP contribution is 2.27. The summed E-state index contributed by atoms with van der Waals surface area (Å²) in [5, 5.41) is 3.70. The van der Waals surface area contributed by atoms with Gasteiger partial charge in [-0.15, -0.1) is 11.3 Å². The first kappa shape index (κ1) is 12.0. The van der Waals surface area contributed by atoms with Crippen molar-refractivity contribution in [1.82, 2.24) is 4.98 Å². The van der Waals surface area contributed by atoms with Gasteiger partial charge in [0, 0.05) is 33.5 Å². The van der Waals surface area contributed by atoms with E-state index in [1.54, 1.807) is 17.5 Å². The summed E-state index contributed by atoms with van der Waals surface area (Å²) >= 11 is 11.0. The van der Waals surface area contributed by atoms with E-state index in [0.717, 1.165) is 21.5 Å². The fourth-order valence-electron chi connectivity index (χ4n) is 1.45. The summed E-state index contributed by atoms with van der Waals surface area (Å²) in [4.78, 5) is 4.22. The molecular formula is C11H10BrClN2S. The third-order valence-electron chi connectivity index (χ3n) is 2.24. The lowest BCUT2D eigenvalue weighted by Gasteiger charge is -2.12. The van der Waals surface area contributed by atoms with Crippen molar-refractivity contribution in [3.05, 3.63) is 49.8 Å². The second kappa shape index (κ2) is 5.27. The molecule has 1 unspecified atom stereocenters. The number of thiazole rings is 1. The second-order valence-corrected chi connectivity index (χ2v) is 5.67. The summed E-state index contributed by atoms with van der Waals surface area (Å²) in [6.45, 7) is 0. The number of hydrogen-bond acceptors (Lipinski definition) is 3. The quantitative estimate of drug-likeness (QED) is 0.935. The fourth-order valence-corrected chi connectivity index (χ4v) is 2.85. The Balaban J connectivity index is 2.20. The van der Waals surface area contributed by atoms with Gasteiger partial charge in [-0.25, -0.2) is 4.98 Å². The van der Waals surface area contributed by atoms with Gasteiger partial charge in [-0.1, -0.05) is 27.5 Å². The Morgan fingerprint density at radius 3 is 3.00 bits per heavy atom. The maximum absolute atomic E-state index is 6.13. The molecule has 1 heterocycles. The van der Waals surface area contributed by atoms with Crippen molar-refractivity contribution < 1.29 is 0 Å². The molecule has 5 heteroatoms. The Kier molecular flexibility index (Phi) is 3.97. The lowest BCUT2D eigenvalue weighted by molar-refractivity contribution is 0.714. The molecule has 0 aliphatic carbocycles. The predicted molar refractivity (Wildman–Crippen MR) is 71.9 cm³/mol. The predicted octanol–water partition coefficient (Wildman–Crippen LogP) is 3.80. The van der Waals surface area contributed by atoms with E-state index >= 15 is 0 Å². The number of halogens is 2. The first-order valence-electron chi connectivity index (χ1n) is 4.75. The van der Waals surface area contributed by atoms with Crippen LogP contribution in [0.3, 0.4) is 0 Å². The van der Waals surface area contributed by atoms with Crippen molar-refractivity contribution in [2.45, 2.75) is 12.5 Å². The maximum Gasteiger partial charge on any atom is 0.0943 e. The molecule has 16 heavy (non-hydrogen) atoms. The summed E-state index contributed by atoms with van der Waals surface area (Å²) in [5.74, 6) is 0. The molecule has 84 valence electrons. The average Bonchev–Trinajstić information content (AvgIpc) is 2.74. The van der Waals surface area contributed by atoms with Crippen LogP contribution in [0.15, 0.2) is 34.2 Å². The van der Waals surface area contributed by atoms with Crippen molar-refractivity contribution >= 4 is 38.9 Å². The number of benzene rings is 1. The molecule has 0 aliphatic rings. The first-order chi connectivity index (χ1) is 7.66. The molecular weight excluding hydrogens is 308 g/mol. The summed E-state index contributed by atoms with van der Waals surface area (Å²) in [7, 11) is 0. The molecule has 2 N–H and O–H groups in total. The number of hydrogen-bond donors (Lipinski definition) is 1. The first-order valence-corrected chi connectivity index (χ1v) is 6.81. The molecule has 2 nitrogen and oxygen atoms in total. The maximum atomic E-state index is 6.13. The molecule has 0 aliphatic heterocycles. The van der Waals surface area contributed by atoms with Crippen LogP contribution in [-0.2, 0) is 6.42 Å². The molecule has 1 aromatic carbocycles. The Hall–Kier alpha value is -0.420. The lowest BCUT2D eigenvalue weighted by atomic mass is 10.1. The van der Waals surface area contributed by atoms with Crippen molar-refractivity contribution in [2.24, 2.45) is 5.73 Å². The molecule has 2 rings (SSSR count). The topological polar surface area (TPSA) is 38.9 Å². The van der Waals surface area contributed by atoms with E-state index in [2.05, 4.69) is 20.9 Å². The fraction of sp³-hybridized carbons (Fsp3) is 0.182. The molecule has 0 bridgehead atoms. The monoisotopic (exact) mass is 316 g/mol. The molecule has 0 amide bonds. The van der Waals surface area contributed by atoms with Gasteiger partial charge in [0.1, 0.15) is 0 Å². The minimum Gasteiger partial charge on any atom is -0.324 e. The third-order valence-corrected chi connectivity index (χ3v) is 3.99. The zero-order chi connectivity index (χ0) is 11.5. The van der Waals surface area contributed by atoms with Gasteiger partial charge in [0.15, 0.2) is 0 Å². The van der Waals surface area contributed by atoms with Gasteiger partial charge >= 0.3 is 0 Å². The number of nitrogens with two attached hydrogens (primary N) is 1. The Labute approximate surface area is 112 Å². The molecule has 0 radical (unpaired) electrons. The van der Waals surface area contributed by atoms with Gasteiger partial charge in [0.05, 0.1) is 5.01 Å². The number of nitrogens with zero attached hydrogens (tertiary/aromatic N) is 1. The van der Waals surface area contributed by atoms with E-state index in [1.165, 1.54) is 0 Å². The van der Waals surface area contributed by atoms with E-state index in [-0.39, 0.29) is 6.04 Å². The van der Waals surface area contributed by atoms with Crippen LogP contribution in [0.5, 0.6) is 0 Å². The molecule has 2 aromatic rings. The zero-order valence-corrected chi connectivity index (χ0v) is 11.5. The highest BCUT2D eigenvalue weighted by Gasteiger charge is 2.12. The Morgan fingerprint density at radius 1 is 1.50 bits per heavy atom. The van der Waals surface area contributed by atoms with Crippen molar-refractivity contribution in [2.75, 3.05) is 0 Å². The highest BCUT2D eigenvalue weighted by molar-refractivity contribution is 9.10. The standard InChI is InChI=1S/C11H10BrClN2S/c12-9-2-1-7(13)5-8(9)10(14)6-11-15-3-4-16-11/h1-5,10H,6,14H2. The Morgan fingerprint density at radius 2 is 2.31 bits per heavy atom. The summed E-state index contributed by atoms with van der Waals surface area (Å²) in [6, 6.07) is 5.56. The zero-order valence-electron chi connectivity index (χ0n) is 8.36. The van der Waals surface area contributed by atoms with Gasteiger partial charge in [-0.3, -0.25) is 0 Å². The molecule has 0 saturated heterocycles. The molecule has 1 atom stereocenters. The SMILES string of the molecule is NC(Cc1nccs1)c1cc(Cl)ccc1Br. The minimum absolute atomic E-state index is 0.0841. The third kappa shape index (κ3) is 2.83. The van der Waals surface area contributed by atoms with Gasteiger partial charge in [-0.05, 0) is 23.8 Å². The van der Waals surface area contributed by atoms with Crippen LogP contribution in [-0.4, -0.2) is 4.98 Å². The van der Waals surface area contributed by atoms with E-state index in [0.29, 0.717) is 5.02 Å². The van der Waals surface area contributed by atoms with Crippen LogP contribution in [0.4, 0.5) is 0 Å². The molecule has 0 fully saturated rings. The van der Waals surface area contributed by atoms with Crippen LogP contribution in [0.1, 0.15) is 16.6 Å². The highest BCUT2D eigenvalue weighted by atomic mass is 79.9. The van der Waals surface area contributed by atoms with Crippen LogP contribution in [0.25, 0.3) is 0 Å². The van der Waals surface area contributed by atoms with Crippen molar-refractivity contribution in [1.29, 1.82) is 0 Å². The molecule has 1 aromatic heterocycles. The van der Waals surface area contributed by atoms with E-state index in [9.17, 15) is 0 Å². The van der Waals surface area contributed by atoms with E-state index < -0.39 is 0 Å².